The average molecular weight is 236 g/mol. The maximum atomic E-state index is 6.16. The van der Waals surface area contributed by atoms with Crippen LogP contribution < -0.4 is 5.73 Å². The molecule has 2 N–H and O–H groups in total. The summed E-state index contributed by atoms with van der Waals surface area (Å²) < 4.78 is 3.62. The van der Waals surface area contributed by atoms with Gasteiger partial charge in [0.15, 0.2) is 0 Å². The Morgan fingerprint density at radius 3 is 2.81 bits per heavy atom. The monoisotopic (exact) mass is 236 g/mol. The highest BCUT2D eigenvalue weighted by molar-refractivity contribution is 7.17. The van der Waals surface area contributed by atoms with Crippen molar-refractivity contribution in [3.05, 3.63) is 17.5 Å². The minimum atomic E-state index is 0.154. The molecule has 0 aliphatic carbocycles. The van der Waals surface area contributed by atoms with Gasteiger partial charge in [0.25, 0.3) is 0 Å². The van der Waals surface area contributed by atoms with Crippen molar-refractivity contribution in [3.8, 4) is 0 Å². The van der Waals surface area contributed by atoms with Crippen molar-refractivity contribution in [3.63, 3.8) is 0 Å². The Morgan fingerprint density at radius 2 is 2.19 bits per heavy atom. The molecule has 2 nitrogen and oxygen atoms in total. The highest BCUT2D eigenvalue weighted by atomic mass is 32.1. The summed E-state index contributed by atoms with van der Waals surface area (Å²) in [5.41, 5.74) is 7.61. The largest absolute Gasteiger partial charge is 0.385 e. The molecule has 1 unspecified atom stereocenters. The zero-order chi connectivity index (χ0) is 11.8. The fraction of sp³-hybridized carbons (Fsp3) is 0.538. The smallest absolute Gasteiger partial charge is 0.105 e. The molecule has 2 heterocycles. The van der Waals surface area contributed by atoms with Gasteiger partial charge in [-0.25, -0.2) is 0 Å². The van der Waals surface area contributed by atoms with Gasteiger partial charge in [-0.1, -0.05) is 20.3 Å². The number of hydrogen-bond donors (Lipinski definition) is 1. The Kier molecular flexibility index (Phi) is 2.98. The van der Waals surface area contributed by atoms with Gasteiger partial charge in [0, 0.05) is 5.54 Å². The van der Waals surface area contributed by atoms with Crippen molar-refractivity contribution in [2.45, 2.75) is 45.6 Å². The molecule has 0 bridgehead atoms. The number of thiophene rings is 1. The van der Waals surface area contributed by atoms with Gasteiger partial charge in [-0.3, -0.25) is 0 Å². The lowest BCUT2D eigenvalue weighted by Gasteiger charge is -2.32. The predicted molar refractivity (Wildman–Crippen MR) is 73.1 cm³/mol. The average Bonchev–Trinajstić information content (AvgIpc) is 2.77. The number of nitrogens with two attached hydrogens (primary N) is 1. The van der Waals surface area contributed by atoms with Gasteiger partial charge in [0.1, 0.15) is 5.82 Å². The lowest BCUT2D eigenvalue weighted by atomic mass is 9.92. The number of fused-ring (bicyclic) bond motifs is 1. The molecule has 0 saturated heterocycles. The van der Waals surface area contributed by atoms with E-state index in [1.54, 1.807) is 11.3 Å². The van der Waals surface area contributed by atoms with E-state index in [-0.39, 0.29) is 5.54 Å². The van der Waals surface area contributed by atoms with Crippen LogP contribution in [0.15, 0.2) is 17.5 Å². The maximum Gasteiger partial charge on any atom is 0.105 e. The standard InChI is InChI=1S/C13H20N2S/c1-4-7-13(3,5-2)15-10-6-8-16-11(10)9-12(15)14/h6,8-9H,4-5,7,14H2,1-3H3. The SMILES string of the molecule is CCCC(C)(CC)n1c(N)cc2sccc21. The van der Waals surface area contributed by atoms with Gasteiger partial charge in [-0.2, -0.15) is 0 Å². The molecule has 2 aromatic rings. The van der Waals surface area contributed by atoms with Crippen molar-refractivity contribution in [2.24, 2.45) is 0 Å². The van der Waals surface area contributed by atoms with Crippen LogP contribution in [0.2, 0.25) is 0 Å². The Hall–Kier alpha value is -0.960. The van der Waals surface area contributed by atoms with Gasteiger partial charge in [-0.15, -0.1) is 11.3 Å². The summed E-state index contributed by atoms with van der Waals surface area (Å²) in [4.78, 5) is 0. The zero-order valence-electron chi connectivity index (χ0n) is 10.3. The predicted octanol–water partition coefficient (Wildman–Crippen LogP) is 4.21. The molecule has 0 aromatic carbocycles. The first-order valence-corrected chi connectivity index (χ1v) is 6.85. The van der Waals surface area contributed by atoms with E-state index in [1.165, 1.54) is 23.1 Å². The molecule has 0 saturated carbocycles. The molecule has 0 fully saturated rings. The van der Waals surface area contributed by atoms with E-state index in [0.29, 0.717) is 0 Å². The molecule has 3 heteroatoms. The molecular formula is C13H20N2S. The molecule has 0 amide bonds. The number of hydrogen-bond acceptors (Lipinski definition) is 2. The van der Waals surface area contributed by atoms with Crippen molar-refractivity contribution in [1.82, 2.24) is 4.57 Å². The Labute approximate surface area is 101 Å². The van der Waals surface area contributed by atoms with E-state index in [1.807, 2.05) is 0 Å². The quantitative estimate of drug-likeness (QED) is 0.847. The summed E-state index contributed by atoms with van der Waals surface area (Å²) in [6, 6.07) is 4.28. The van der Waals surface area contributed by atoms with E-state index >= 15 is 0 Å². The second kappa shape index (κ2) is 4.13. The third-order valence-electron chi connectivity index (χ3n) is 3.54. The van der Waals surface area contributed by atoms with Crippen LogP contribution in [-0.4, -0.2) is 4.57 Å². The van der Waals surface area contributed by atoms with Crippen LogP contribution in [0.25, 0.3) is 10.2 Å². The molecule has 16 heavy (non-hydrogen) atoms. The first kappa shape index (κ1) is 11.5. The summed E-state index contributed by atoms with van der Waals surface area (Å²) in [5.74, 6) is 0.902. The van der Waals surface area contributed by atoms with Crippen LogP contribution in [0.5, 0.6) is 0 Å². The van der Waals surface area contributed by atoms with Gasteiger partial charge < -0.3 is 10.3 Å². The van der Waals surface area contributed by atoms with Gasteiger partial charge in [-0.05, 0) is 37.3 Å². The molecule has 2 rings (SSSR count). The molecule has 0 spiro atoms. The normalized spacial score (nSPS) is 15.4. The summed E-state index contributed by atoms with van der Waals surface area (Å²) in [6.45, 7) is 6.79. The molecule has 0 aliphatic heterocycles. The molecule has 0 radical (unpaired) electrons. The van der Waals surface area contributed by atoms with Gasteiger partial charge >= 0.3 is 0 Å². The third kappa shape index (κ3) is 1.63. The molecular weight excluding hydrogens is 216 g/mol. The summed E-state index contributed by atoms with van der Waals surface area (Å²) in [6.07, 6.45) is 3.48. The minimum Gasteiger partial charge on any atom is -0.385 e. The highest BCUT2D eigenvalue weighted by Gasteiger charge is 2.26. The van der Waals surface area contributed by atoms with Crippen molar-refractivity contribution >= 4 is 27.4 Å². The van der Waals surface area contributed by atoms with Crippen LogP contribution in [0.4, 0.5) is 5.82 Å². The summed E-state index contributed by atoms with van der Waals surface area (Å²) in [7, 11) is 0. The third-order valence-corrected chi connectivity index (χ3v) is 4.39. The Balaban J connectivity index is 2.59. The van der Waals surface area contributed by atoms with Crippen molar-refractivity contribution in [2.75, 3.05) is 5.73 Å². The first-order chi connectivity index (χ1) is 7.62. The first-order valence-electron chi connectivity index (χ1n) is 5.97. The number of nitrogens with zero attached hydrogens (tertiary/aromatic N) is 1. The number of anilines is 1. The van der Waals surface area contributed by atoms with Crippen LogP contribution in [-0.2, 0) is 5.54 Å². The van der Waals surface area contributed by atoms with Gasteiger partial charge in [0.05, 0.1) is 10.2 Å². The van der Waals surface area contributed by atoms with Crippen LogP contribution in [0, 0.1) is 0 Å². The fourth-order valence-electron chi connectivity index (χ4n) is 2.53. The van der Waals surface area contributed by atoms with Crippen molar-refractivity contribution < 1.29 is 0 Å². The highest BCUT2D eigenvalue weighted by Crippen LogP contribution is 2.36. The van der Waals surface area contributed by atoms with Crippen molar-refractivity contribution in [1.29, 1.82) is 0 Å². The second-order valence-electron chi connectivity index (χ2n) is 4.68. The molecule has 1 atom stereocenters. The Bertz CT molecular complexity index is 483. The topological polar surface area (TPSA) is 30.9 Å². The summed E-state index contributed by atoms with van der Waals surface area (Å²) >= 11 is 1.77. The lowest BCUT2D eigenvalue weighted by Crippen LogP contribution is -2.29. The molecule has 88 valence electrons. The van der Waals surface area contributed by atoms with E-state index in [0.717, 1.165) is 12.2 Å². The minimum absolute atomic E-state index is 0.154. The van der Waals surface area contributed by atoms with E-state index in [4.69, 9.17) is 5.73 Å². The van der Waals surface area contributed by atoms with Crippen LogP contribution in [0.3, 0.4) is 0 Å². The summed E-state index contributed by atoms with van der Waals surface area (Å²) in [5, 5.41) is 2.14. The maximum absolute atomic E-state index is 6.16. The van der Waals surface area contributed by atoms with E-state index in [2.05, 4.69) is 42.9 Å². The van der Waals surface area contributed by atoms with E-state index < -0.39 is 0 Å². The number of nitrogen functional groups attached to an aromatic ring is 1. The number of aromatic nitrogens is 1. The van der Waals surface area contributed by atoms with Gasteiger partial charge in [0.2, 0.25) is 0 Å². The van der Waals surface area contributed by atoms with Crippen LogP contribution >= 0.6 is 11.3 Å². The number of rotatable bonds is 4. The zero-order valence-corrected chi connectivity index (χ0v) is 11.1. The second-order valence-corrected chi connectivity index (χ2v) is 5.62. The van der Waals surface area contributed by atoms with Crippen LogP contribution in [0.1, 0.15) is 40.0 Å². The fourth-order valence-corrected chi connectivity index (χ4v) is 3.35. The lowest BCUT2D eigenvalue weighted by molar-refractivity contribution is 0.292. The molecule has 2 aromatic heterocycles. The van der Waals surface area contributed by atoms with E-state index in [9.17, 15) is 0 Å². The Morgan fingerprint density at radius 1 is 1.44 bits per heavy atom. The molecule has 0 aliphatic rings.